The molecular weight excluding hydrogens is 334 g/mol. The molecule has 1 fully saturated rings. The highest BCUT2D eigenvalue weighted by atomic mass is 79.9. The van der Waals surface area contributed by atoms with Crippen LogP contribution in [0.25, 0.3) is 0 Å². The molecule has 1 heterocycles. The zero-order valence-electron chi connectivity index (χ0n) is 12.7. The predicted molar refractivity (Wildman–Crippen MR) is 85.7 cm³/mol. The van der Waals surface area contributed by atoms with Gasteiger partial charge in [-0.3, -0.25) is 4.79 Å². The standard InChI is InChI=1S/C16H22BrNO3/c1-4-10(2)11-5-6-15(13(17)7-11)21-12-8-14(18-9-12)16(19)20-3/h5-7,10,12,14,18H,4,8-9H2,1-3H3. The highest BCUT2D eigenvalue weighted by Crippen LogP contribution is 2.31. The third-order valence-electron chi connectivity index (χ3n) is 4.01. The van der Waals surface area contributed by atoms with Crippen LogP contribution in [-0.4, -0.2) is 31.8 Å². The Kier molecular flexibility index (Phi) is 5.65. The minimum atomic E-state index is -0.266. The van der Waals surface area contributed by atoms with Crippen LogP contribution in [0, 0.1) is 0 Å². The van der Waals surface area contributed by atoms with Crippen molar-refractivity contribution < 1.29 is 14.3 Å². The molecule has 0 aliphatic carbocycles. The van der Waals surface area contributed by atoms with E-state index in [4.69, 9.17) is 9.47 Å². The lowest BCUT2D eigenvalue weighted by Crippen LogP contribution is -2.31. The van der Waals surface area contributed by atoms with Crippen LogP contribution in [0.1, 0.15) is 38.2 Å². The average Bonchev–Trinajstić information content (AvgIpc) is 2.96. The van der Waals surface area contributed by atoms with E-state index in [0.717, 1.165) is 16.6 Å². The fraction of sp³-hybridized carbons (Fsp3) is 0.562. The number of carbonyl (C=O) groups is 1. The Hall–Kier alpha value is -1.07. The van der Waals surface area contributed by atoms with Gasteiger partial charge in [-0.2, -0.15) is 0 Å². The lowest BCUT2D eigenvalue weighted by molar-refractivity contribution is -0.142. The summed E-state index contributed by atoms with van der Waals surface area (Å²) in [6.45, 7) is 5.05. The minimum absolute atomic E-state index is 0.0140. The lowest BCUT2D eigenvalue weighted by Gasteiger charge is -2.16. The molecule has 1 aliphatic rings. The number of hydrogen-bond acceptors (Lipinski definition) is 4. The predicted octanol–water partition coefficient (Wildman–Crippen LogP) is 3.24. The molecule has 1 aromatic rings. The molecule has 3 unspecified atom stereocenters. The summed E-state index contributed by atoms with van der Waals surface area (Å²) < 4.78 is 11.7. The Morgan fingerprint density at radius 2 is 2.29 bits per heavy atom. The first-order chi connectivity index (χ1) is 10.0. The number of nitrogens with one attached hydrogen (secondary N) is 1. The van der Waals surface area contributed by atoms with Crippen molar-refractivity contribution in [1.82, 2.24) is 5.32 Å². The van der Waals surface area contributed by atoms with E-state index in [-0.39, 0.29) is 18.1 Å². The maximum absolute atomic E-state index is 11.5. The Bertz CT molecular complexity index is 506. The Labute approximate surface area is 134 Å². The largest absolute Gasteiger partial charge is 0.488 e. The number of hydrogen-bond donors (Lipinski definition) is 1. The van der Waals surface area contributed by atoms with Gasteiger partial charge in [-0.1, -0.05) is 19.9 Å². The summed E-state index contributed by atoms with van der Waals surface area (Å²) in [6, 6.07) is 5.95. The molecule has 21 heavy (non-hydrogen) atoms. The van der Waals surface area contributed by atoms with E-state index in [2.05, 4.69) is 47.2 Å². The van der Waals surface area contributed by atoms with Crippen molar-refractivity contribution in [2.75, 3.05) is 13.7 Å². The number of methoxy groups -OCH3 is 1. The zero-order valence-corrected chi connectivity index (χ0v) is 14.3. The molecule has 2 rings (SSSR count). The second-order valence-corrected chi connectivity index (χ2v) is 6.31. The normalized spacial score (nSPS) is 22.9. The van der Waals surface area contributed by atoms with Crippen molar-refractivity contribution in [3.05, 3.63) is 28.2 Å². The van der Waals surface area contributed by atoms with Gasteiger partial charge in [0.2, 0.25) is 0 Å². The number of esters is 1. The summed E-state index contributed by atoms with van der Waals surface area (Å²) >= 11 is 3.57. The van der Waals surface area contributed by atoms with Crippen molar-refractivity contribution in [3.63, 3.8) is 0 Å². The van der Waals surface area contributed by atoms with E-state index in [9.17, 15) is 4.79 Å². The molecule has 1 aromatic carbocycles. The quantitative estimate of drug-likeness (QED) is 0.823. The van der Waals surface area contributed by atoms with E-state index in [1.807, 2.05) is 6.07 Å². The van der Waals surface area contributed by atoms with E-state index in [0.29, 0.717) is 18.9 Å². The molecule has 1 aliphatic heterocycles. The molecule has 1 saturated heterocycles. The van der Waals surface area contributed by atoms with Crippen LogP contribution in [-0.2, 0) is 9.53 Å². The average molecular weight is 356 g/mol. The van der Waals surface area contributed by atoms with Crippen molar-refractivity contribution >= 4 is 21.9 Å². The van der Waals surface area contributed by atoms with Gasteiger partial charge in [-0.15, -0.1) is 0 Å². The zero-order chi connectivity index (χ0) is 15.4. The van der Waals surface area contributed by atoms with Gasteiger partial charge in [0.15, 0.2) is 0 Å². The monoisotopic (exact) mass is 355 g/mol. The minimum Gasteiger partial charge on any atom is -0.488 e. The van der Waals surface area contributed by atoms with E-state index < -0.39 is 0 Å². The summed E-state index contributed by atoms with van der Waals surface area (Å²) in [4.78, 5) is 11.5. The molecule has 0 radical (unpaired) electrons. The van der Waals surface area contributed by atoms with Gasteiger partial charge in [-0.05, 0) is 46.0 Å². The first-order valence-corrected chi connectivity index (χ1v) is 8.11. The fourth-order valence-electron chi connectivity index (χ4n) is 2.45. The van der Waals surface area contributed by atoms with Crippen molar-refractivity contribution in [1.29, 1.82) is 0 Å². The third-order valence-corrected chi connectivity index (χ3v) is 4.63. The Morgan fingerprint density at radius 3 is 2.90 bits per heavy atom. The molecular formula is C16H22BrNO3. The van der Waals surface area contributed by atoms with Crippen LogP contribution >= 0.6 is 15.9 Å². The van der Waals surface area contributed by atoms with E-state index in [1.54, 1.807) is 0 Å². The van der Waals surface area contributed by atoms with Gasteiger partial charge >= 0.3 is 5.97 Å². The van der Waals surface area contributed by atoms with Crippen LogP contribution in [0.2, 0.25) is 0 Å². The van der Waals surface area contributed by atoms with Crippen LogP contribution in [0.15, 0.2) is 22.7 Å². The molecule has 0 amide bonds. The highest BCUT2D eigenvalue weighted by Gasteiger charge is 2.31. The second-order valence-electron chi connectivity index (χ2n) is 5.46. The van der Waals surface area contributed by atoms with Gasteiger partial charge in [0.25, 0.3) is 0 Å². The van der Waals surface area contributed by atoms with E-state index in [1.165, 1.54) is 12.7 Å². The van der Waals surface area contributed by atoms with Gasteiger partial charge in [0, 0.05) is 13.0 Å². The summed E-state index contributed by atoms with van der Waals surface area (Å²) in [6.07, 6.45) is 1.73. The maximum Gasteiger partial charge on any atom is 0.323 e. The number of benzene rings is 1. The fourth-order valence-corrected chi connectivity index (χ4v) is 2.94. The molecule has 116 valence electrons. The molecule has 3 atom stereocenters. The SMILES string of the molecule is CCC(C)c1ccc(OC2CNC(C(=O)OC)C2)c(Br)c1. The van der Waals surface area contributed by atoms with Gasteiger partial charge in [0.1, 0.15) is 17.9 Å². The first-order valence-electron chi connectivity index (χ1n) is 7.32. The Morgan fingerprint density at radius 1 is 1.52 bits per heavy atom. The highest BCUT2D eigenvalue weighted by molar-refractivity contribution is 9.10. The second kappa shape index (κ2) is 7.27. The number of rotatable bonds is 5. The summed E-state index contributed by atoms with van der Waals surface area (Å²) in [5.74, 6) is 1.12. The summed E-state index contributed by atoms with van der Waals surface area (Å²) in [7, 11) is 1.41. The molecule has 0 aromatic heterocycles. The number of ether oxygens (including phenoxy) is 2. The molecule has 0 bridgehead atoms. The van der Waals surface area contributed by atoms with Gasteiger partial charge < -0.3 is 14.8 Å². The van der Waals surface area contributed by atoms with Gasteiger partial charge in [-0.25, -0.2) is 0 Å². The maximum atomic E-state index is 11.5. The van der Waals surface area contributed by atoms with Gasteiger partial charge in [0.05, 0.1) is 11.6 Å². The number of halogens is 1. The molecule has 1 N–H and O–H groups in total. The van der Waals surface area contributed by atoms with Crippen LogP contribution in [0.5, 0.6) is 5.75 Å². The van der Waals surface area contributed by atoms with Crippen molar-refractivity contribution in [2.45, 2.75) is 44.8 Å². The smallest absolute Gasteiger partial charge is 0.323 e. The van der Waals surface area contributed by atoms with Crippen molar-refractivity contribution in [2.24, 2.45) is 0 Å². The van der Waals surface area contributed by atoms with Crippen LogP contribution < -0.4 is 10.1 Å². The van der Waals surface area contributed by atoms with Crippen LogP contribution in [0.3, 0.4) is 0 Å². The molecule has 0 spiro atoms. The molecule has 0 saturated carbocycles. The Balaban J connectivity index is 1.99. The first kappa shape index (κ1) is 16.3. The lowest BCUT2D eigenvalue weighted by atomic mass is 9.99. The third kappa shape index (κ3) is 3.98. The summed E-state index contributed by atoms with van der Waals surface area (Å²) in [5.41, 5.74) is 1.30. The molecule has 4 nitrogen and oxygen atoms in total. The number of carbonyl (C=O) groups excluding carboxylic acids is 1. The molecule has 5 heteroatoms. The van der Waals surface area contributed by atoms with E-state index >= 15 is 0 Å². The topological polar surface area (TPSA) is 47.6 Å². The van der Waals surface area contributed by atoms with Crippen LogP contribution in [0.4, 0.5) is 0 Å². The summed E-state index contributed by atoms with van der Waals surface area (Å²) in [5, 5.41) is 3.12. The van der Waals surface area contributed by atoms with Crippen molar-refractivity contribution in [3.8, 4) is 5.75 Å².